The molecule has 0 aliphatic carbocycles. The Morgan fingerprint density at radius 1 is 0.750 bits per heavy atom. The standard InChI is InChI=1S/C16H32O4/c1-4-6-8-17-9-10-18-11-12-19-13-14-20-15-16(3)7-5-2/h15H,4-14H2,1-3H3/b16-15+. The molecule has 0 unspecified atom stereocenters. The van der Waals surface area contributed by atoms with Gasteiger partial charge in [0, 0.05) is 6.61 Å². The third-order valence-corrected chi connectivity index (χ3v) is 2.66. The van der Waals surface area contributed by atoms with Crippen molar-refractivity contribution in [3.8, 4) is 0 Å². The Bertz CT molecular complexity index is 217. The van der Waals surface area contributed by atoms with Gasteiger partial charge in [0.2, 0.25) is 0 Å². The fourth-order valence-corrected chi connectivity index (χ4v) is 1.55. The normalized spacial score (nSPS) is 11.8. The first-order valence-electron chi connectivity index (χ1n) is 7.81. The lowest BCUT2D eigenvalue weighted by Crippen LogP contribution is -2.11. The molecule has 0 amide bonds. The third kappa shape index (κ3) is 15.5. The summed E-state index contributed by atoms with van der Waals surface area (Å²) in [5, 5.41) is 0. The molecule has 0 aromatic heterocycles. The second-order valence-electron chi connectivity index (χ2n) is 4.78. The van der Waals surface area contributed by atoms with E-state index in [1.807, 2.05) is 6.26 Å². The molecule has 0 aromatic carbocycles. The Morgan fingerprint density at radius 3 is 1.85 bits per heavy atom. The molecule has 20 heavy (non-hydrogen) atoms. The number of allylic oxidation sites excluding steroid dienone is 1. The van der Waals surface area contributed by atoms with Crippen molar-refractivity contribution in [3.63, 3.8) is 0 Å². The Kier molecular flexibility index (Phi) is 16.0. The minimum Gasteiger partial charge on any atom is -0.499 e. The SMILES string of the molecule is CCCCOCCOCCOCCO/C=C(\C)CCC. The van der Waals surface area contributed by atoms with Gasteiger partial charge in [-0.3, -0.25) is 0 Å². The zero-order valence-electron chi connectivity index (χ0n) is 13.5. The maximum absolute atomic E-state index is 5.40. The summed E-state index contributed by atoms with van der Waals surface area (Å²) >= 11 is 0. The molecule has 0 saturated heterocycles. The van der Waals surface area contributed by atoms with E-state index in [4.69, 9.17) is 18.9 Å². The molecule has 4 nitrogen and oxygen atoms in total. The number of hydrogen-bond donors (Lipinski definition) is 0. The van der Waals surface area contributed by atoms with Gasteiger partial charge < -0.3 is 18.9 Å². The highest BCUT2D eigenvalue weighted by atomic mass is 16.6. The summed E-state index contributed by atoms with van der Waals surface area (Å²) in [6.07, 6.45) is 6.37. The first kappa shape index (κ1) is 19.4. The highest BCUT2D eigenvalue weighted by Crippen LogP contribution is 2.02. The van der Waals surface area contributed by atoms with Crippen molar-refractivity contribution < 1.29 is 18.9 Å². The second kappa shape index (κ2) is 16.5. The third-order valence-electron chi connectivity index (χ3n) is 2.66. The molecule has 0 aliphatic heterocycles. The van der Waals surface area contributed by atoms with Gasteiger partial charge >= 0.3 is 0 Å². The van der Waals surface area contributed by atoms with Crippen LogP contribution in [-0.2, 0) is 18.9 Å². The first-order chi connectivity index (χ1) is 9.81. The molecule has 0 aliphatic rings. The van der Waals surface area contributed by atoms with Crippen molar-refractivity contribution in [2.45, 2.75) is 46.5 Å². The molecule has 0 heterocycles. The minimum absolute atomic E-state index is 0.598. The van der Waals surface area contributed by atoms with Crippen LogP contribution in [0.15, 0.2) is 11.8 Å². The lowest BCUT2D eigenvalue weighted by atomic mass is 10.2. The van der Waals surface area contributed by atoms with Crippen LogP contribution in [0, 0.1) is 0 Å². The van der Waals surface area contributed by atoms with Gasteiger partial charge in [-0.05, 0) is 25.3 Å². The summed E-state index contributed by atoms with van der Waals surface area (Å²) in [4.78, 5) is 0. The Morgan fingerprint density at radius 2 is 1.30 bits per heavy atom. The van der Waals surface area contributed by atoms with Crippen molar-refractivity contribution in [1.82, 2.24) is 0 Å². The average molecular weight is 288 g/mol. The van der Waals surface area contributed by atoms with E-state index in [0.29, 0.717) is 39.6 Å². The summed E-state index contributed by atoms with van der Waals surface area (Å²) in [6, 6.07) is 0. The van der Waals surface area contributed by atoms with Crippen molar-refractivity contribution in [1.29, 1.82) is 0 Å². The zero-order chi connectivity index (χ0) is 14.9. The van der Waals surface area contributed by atoms with Crippen LogP contribution in [0.5, 0.6) is 0 Å². The van der Waals surface area contributed by atoms with Gasteiger partial charge in [-0.2, -0.15) is 0 Å². The van der Waals surface area contributed by atoms with Gasteiger partial charge in [0.25, 0.3) is 0 Å². The molecule has 0 aromatic rings. The number of unbranched alkanes of at least 4 members (excludes halogenated alkanes) is 1. The van der Waals surface area contributed by atoms with E-state index >= 15 is 0 Å². The van der Waals surface area contributed by atoms with Gasteiger partial charge in [0.05, 0.1) is 39.3 Å². The highest BCUT2D eigenvalue weighted by Gasteiger charge is 1.92. The Labute approximate surface area is 124 Å². The van der Waals surface area contributed by atoms with Crippen molar-refractivity contribution >= 4 is 0 Å². The molecule has 0 atom stereocenters. The summed E-state index contributed by atoms with van der Waals surface area (Å²) in [7, 11) is 0. The molecule has 0 spiro atoms. The number of rotatable bonds is 15. The van der Waals surface area contributed by atoms with Crippen LogP contribution in [0.2, 0.25) is 0 Å². The molecule has 0 fully saturated rings. The second-order valence-corrected chi connectivity index (χ2v) is 4.78. The van der Waals surface area contributed by atoms with E-state index in [1.54, 1.807) is 0 Å². The zero-order valence-corrected chi connectivity index (χ0v) is 13.5. The van der Waals surface area contributed by atoms with Crippen LogP contribution in [0.3, 0.4) is 0 Å². The number of ether oxygens (including phenoxy) is 4. The topological polar surface area (TPSA) is 36.9 Å². The molecular weight excluding hydrogens is 256 g/mol. The predicted octanol–water partition coefficient (Wildman–Crippen LogP) is 3.56. The van der Waals surface area contributed by atoms with Gasteiger partial charge in [-0.25, -0.2) is 0 Å². The largest absolute Gasteiger partial charge is 0.499 e. The van der Waals surface area contributed by atoms with Gasteiger partial charge in [0.15, 0.2) is 0 Å². The summed E-state index contributed by atoms with van der Waals surface area (Å²) < 4.78 is 21.6. The maximum atomic E-state index is 5.40. The van der Waals surface area contributed by atoms with Crippen LogP contribution < -0.4 is 0 Å². The fraction of sp³-hybridized carbons (Fsp3) is 0.875. The van der Waals surface area contributed by atoms with Crippen LogP contribution in [-0.4, -0.2) is 46.2 Å². The Hall–Kier alpha value is -0.580. The quantitative estimate of drug-likeness (QED) is 0.341. The molecule has 0 N–H and O–H groups in total. The molecule has 0 bridgehead atoms. The van der Waals surface area contributed by atoms with E-state index in [1.165, 1.54) is 12.0 Å². The van der Waals surface area contributed by atoms with Crippen molar-refractivity contribution in [2.75, 3.05) is 46.2 Å². The van der Waals surface area contributed by atoms with E-state index < -0.39 is 0 Å². The fourth-order valence-electron chi connectivity index (χ4n) is 1.55. The monoisotopic (exact) mass is 288 g/mol. The van der Waals surface area contributed by atoms with Crippen LogP contribution in [0.1, 0.15) is 46.5 Å². The van der Waals surface area contributed by atoms with E-state index in [0.717, 1.165) is 25.9 Å². The van der Waals surface area contributed by atoms with E-state index in [2.05, 4.69) is 20.8 Å². The first-order valence-corrected chi connectivity index (χ1v) is 7.81. The van der Waals surface area contributed by atoms with Crippen molar-refractivity contribution in [3.05, 3.63) is 11.8 Å². The van der Waals surface area contributed by atoms with Crippen LogP contribution >= 0.6 is 0 Å². The predicted molar refractivity (Wildman–Crippen MR) is 82.0 cm³/mol. The number of hydrogen-bond acceptors (Lipinski definition) is 4. The van der Waals surface area contributed by atoms with Crippen molar-refractivity contribution in [2.24, 2.45) is 0 Å². The van der Waals surface area contributed by atoms with Crippen LogP contribution in [0.4, 0.5) is 0 Å². The van der Waals surface area contributed by atoms with E-state index in [-0.39, 0.29) is 0 Å². The van der Waals surface area contributed by atoms with Gasteiger partial charge in [0.1, 0.15) is 6.61 Å². The lowest BCUT2D eigenvalue weighted by Gasteiger charge is -2.07. The maximum Gasteiger partial charge on any atom is 0.111 e. The average Bonchev–Trinajstić information content (AvgIpc) is 2.44. The van der Waals surface area contributed by atoms with Gasteiger partial charge in [-0.1, -0.05) is 26.7 Å². The smallest absolute Gasteiger partial charge is 0.111 e. The van der Waals surface area contributed by atoms with Gasteiger partial charge in [-0.15, -0.1) is 0 Å². The Balaban J connectivity index is 3.08. The minimum atomic E-state index is 0.598. The summed E-state index contributed by atoms with van der Waals surface area (Å²) in [6.45, 7) is 11.0. The van der Waals surface area contributed by atoms with E-state index in [9.17, 15) is 0 Å². The highest BCUT2D eigenvalue weighted by molar-refractivity contribution is 4.92. The molecule has 120 valence electrons. The molecule has 4 heteroatoms. The summed E-state index contributed by atoms with van der Waals surface area (Å²) in [5.74, 6) is 0. The summed E-state index contributed by atoms with van der Waals surface area (Å²) in [5.41, 5.74) is 1.28. The lowest BCUT2D eigenvalue weighted by molar-refractivity contribution is 0.00608. The van der Waals surface area contributed by atoms with Crippen LogP contribution in [0.25, 0.3) is 0 Å². The molecule has 0 saturated carbocycles. The molecular formula is C16H32O4. The molecule has 0 rings (SSSR count). The molecule has 0 radical (unpaired) electrons.